The van der Waals surface area contributed by atoms with Crippen LogP contribution in [0.15, 0.2) is 17.2 Å². The maximum atomic E-state index is 13.8. The van der Waals surface area contributed by atoms with Gasteiger partial charge in [-0.25, -0.2) is 4.98 Å². The minimum atomic E-state index is -2.75. The van der Waals surface area contributed by atoms with Crippen molar-refractivity contribution in [2.75, 3.05) is 25.1 Å². The van der Waals surface area contributed by atoms with Gasteiger partial charge >= 0.3 is 12.6 Å². The van der Waals surface area contributed by atoms with Crippen LogP contribution in [0.5, 0.6) is 0 Å². The van der Waals surface area contributed by atoms with E-state index < -0.39 is 12.2 Å². The number of hydrogen-bond acceptors (Lipinski definition) is 7. The van der Waals surface area contributed by atoms with Crippen LogP contribution >= 0.6 is 11.8 Å². The number of nitrogens with one attached hydrogen (secondary N) is 1. The summed E-state index contributed by atoms with van der Waals surface area (Å²) < 4.78 is 36.5. The summed E-state index contributed by atoms with van der Waals surface area (Å²) in [6, 6.07) is 3.84. The van der Waals surface area contributed by atoms with Crippen LogP contribution < -0.4 is 10.2 Å². The molecule has 1 aromatic rings. The van der Waals surface area contributed by atoms with E-state index in [-0.39, 0.29) is 35.7 Å². The van der Waals surface area contributed by atoms with Gasteiger partial charge in [0.05, 0.1) is 18.3 Å². The number of anilines is 1. The van der Waals surface area contributed by atoms with E-state index >= 15 is 0 Å². The highest BCUT2D eigenvalue weighted by atomic mass is 32.2. The molecule has 4 bridgehead atoms. The molecule has 1 aromatic heterocycles. The van der Waals surface area contributed by atoms with Gasteiger partial charge in [-0.2, -0.15) is 8.78 Å². The average molecular weight is 578 g/mol. The number of methoxy groups -OCH3 is 1. The highest BCUT2D eigenvalue weighted by molar-refractivity contribution is 7.99. The molecule has 2 heterocycles. The van der Waals surface area contributed by atoms with Crippen molar-refractivity contribution < 1.29 is 27.8 Å². The topological polar surface area (TPSA) is 80.8 Å². The number of piperidine rings is 1. The number of esters is 1. The first-order valence-electron chi connectivity index (χ1n) is 15.1. The fourth-order valence-corrected chi connectivity index (χ4v) is 9.86. The van der Waals surface area contributed by atoms with E-state index in [0.29, 0.717) is 36.0 Å². The summed E-state index contributed by atoms with van der Waals surface area (Å²) in [7, 11) is 1.43. The highest BCUT2D eigenvalue weighted by Crippen LogP contribution is 2.57. The number of rotatable bonds is 9. The molecule has 1 N–H and O–H groups in total. The standard InChI is InChI=1S/C30H41F2N3O4S/c1-38-25(36)13-18-5-4-10-35(17-18)24-9-8-23(28(33-24)40-22-6-2-3-7-22)27(37)34-26-20-11-19-12-21(26)16-30(14-19,15-20)39-29(31)32/h8-9,18-22,26,29H,2-7,10-17H2,1H3,(H,34,37)/t18-,19?,20?,21?,26-,30-/m0/s1. The molecule has 0 radical (unpaired) electrons. The Morgan fingerprint density at radius 1 is 1.12 bits per heavy atom. The van der Waals surface area contributed by atoms with E-state index in [1.54, 1.807) is 11.8 Å². The van der Waals surface area contributed by atoms with Crippen LogP contribution in [0.3, 0.4) is 0 Å². The predicted octanol–water partition coefficient (Wildman–Crippen LogP) is 5.81. The van der Waals surface area contributed by atoms with Gasteiger partial charge in [0.1, 0.15) is 10.8 Å². The Balaban J connectivity index is 1.19. The zero-order chi connectivity index (χ0) is 27.9. The molecule has 7 rings (SSSR count). The van der Waals surface area contributed by atoms with Crippen molar-refractivity contribution in [3.05, 3.63) is 17.7 Å². The first kappa shape index (κ1) is 28.2. The van der Waals surface area contributed by atoms with Crippen molar-refractivity contribution in [3.8, 4) is 0 Å². The molecular weight excluding hydrogens is 536 g/mol. The van der Waals surface area contributed by atoms with E-state index in [0.717, 1.165) is 68.9 Å². The molecule has 5 saturated carbocycles. The fraction of sp³-hybridized carbons (Fsp3) is 0.767. The van der Waals surface area contributed by atoms with Crippen LogP contribution in [0, 0.1) is 23.7 Å². The second kappa shape index (κ2) is 11.7. The van der Waals surface area contributed by atoms with Gasteiger partial charge < -0.3 is 19.7 Å². The smallest absolute Gasteiger partial charge is 0.345 e. The molecule has 6 aliphatic rings. The molecule has 3 atom stereocenters. The van der Waals surface area contributed by atoms with Gasteiger partial charge in [0.25, 0.3) is 5.91 Å². The minimum absolute atomic E-state index is 0.0105. The first-order chi connectivity index (χ1) is 19.3. The third-order valence-corrected chi connectivity index (χ3v) is 11.4. The number of aromatic nitrogens is 1. The number of halogens is 2. The summed E-state index contributed by atoms with van der Waals surface area (Å²) in [6.07, 6.45) is 10.9. The molecule has 2 unspecified atom stereocenters. The van der Waals surface area contributed by atoms with Crippen LogP contribution in [0.4, 0.5) is 14.6 Å². The molecular formula is C30H41F2N3O4S. The zero-order valence-corrected chi connectivity index (χ0v) is 24.1. The number of carbonyl (C=O) groups is 2. The van der Waals surface area contributed by atoms with Crippen LogP contribution in [-0.4, -0.2) is 60.6 Å². The van der Waals surface area contributed by atoms with Crippen LogP contribution in [-0.2, 0) is 14.3 Å². The Bertz CT molecular complexity index is 1080. The normalized spacial score (nSPS) is 33.5. The number of amides is 1. The van der Waals surface area contributed by atoms with Gasteiger partial charge in [-0.3, -0.25) is 9.59 Å². The number of hydrogen-bond donors (Lipinski definition) is 1. The fourth-order valence-electron chi connectivity index (χ4n) is 8.54. The van der Waals surface area contributed by atoms with Gasteiger partial charge in [-0.15, -0.1) is 11.8 Å². The Morgan fingerprint density at radius 2 is 1.88 bits per heavy atom. The Hall–Kier alpha value is -1.94. The van der Waals surface area contributed by atoms with Crippen molar-refractivity contribution in [2.24, 2.45) is 23.7 Å². The molecule has 40 heavy (non-hydrogen) atoms. The quantitative estimate of drug-likeness (QED) is 0.371. The monoisotopic (exact) mass is 577 g/mol. The van der Waals surface area contributed by atoms with Gasteiger partial charge in [0, 0.05) is 30.8 Å². The maximum absolute atomic E-state index is 13.8. The first-order valence-corrected chi connectivity index (χ1v) is 15.9. The largest absolute Gasteiger partial charge is 0.469 e. The lowest BCUT2D eigenvalue weighted by atomic mass is 9.52. The molecule has 1 amide bonds. The van der Waals surface area contributed by atoms with Crippen molar-refractivity contribution in [2.45, 2.75) is 106 Å². The molecule has 6 fully saturated rings. The lowest BCUT2D eigenvalue weighted by molar-refractivity contribution is -0.260. The van der Waals surface area contributed by atoms with Gasteiger partial charge in [0.2, 0.25) is 0 Å². The molecule has 7 nitrogen and oxygen atoms in total. The van der Waals surface area contributed by atoms with Crippen molar-refractivity contribution >= 4 is 29.5 Å². The lowest BCUT2D eigenvalue weighted by Crippen LogP contribution is -2.62. The number of ether oxygens (including phenoxy) is 2. The SMILES string of the molecule is COC(=O)C[C@@H]1CCCN(c2ccc(C(=O)N[C@H]3C4CC5CC3C[C@](OC(F)F)(C5)C4)c(SC3CCCC3)n2)C1. The molecule has 0 aromatic carbocycles. The molecule has 220 valence electrons. The molecule has 5 aliphatic carbocycles. The third-order valence-electron chi connectivity index (χ3n) is 10.1. The van der Waals surface area contributed by atoms with Crippen LogP contribution in [0.2, 0.25) is 0 Å². The van der Waals surface area contributed by atoms with Gasteiger partial charge in [-0.1, -0.05) is 12.8 Å². The van der Waals surface area contributed by atoms with Crippen molar-refractivity contribution in [1.29, 1.82) is 0 Å². The number of alkyl halides is 2. The van der Waals surface area contributed by atoms with E-state index in [4.69, 9.17) is 14.5 Å². The molecule has 0 spiro atoms. The summed E-state index contributed by atoms with van der Waals surface area (Å²) in [5.41, 5.74) is -0.116. The average Bonchev–Trinajstić information content (AvgIpc) is 3.42. The predicted molar refractivity (Wildman–Crippen MR) is 149 cm³/mol. The molecule has 10 heteroatoms. The number of thioether (sulfide) groups is 1. The van der Waals surface area contributed by atoms with E-state index in [2.05, 4.69) is 10.2 Å². The van der Waals surface area contributed by atoms with Gasteiger partial charge in [-0.05, 0) is 93.6 Å². The second-order valence-electron chi connectivity index (χ2n) is 12.8. The summed E-state index contributed by atoms with van der Waals surface area (Å²) in [5, 5.41) is 4.58. The Morgan fingerprint density at radius 3 is 2.58 bits per heavy atom. The Kier molecular flexibility index (Phi) is 8.28. The molecule has 1 saturated heterocycles. The van der Waals surface area contributed by atoms with Gasteiger partial charge in [0.15, 0.2) is 0 Å². The van der Waals surface area contributed by atoms with Crippen molar-refractivity contribution in [3.63, 3.8) is 0 Å². The van der Waals surface area contributed by atoms with E-state index in [1.807, 2.05) is 12.1 Å². The molecule has 1 aliphatic heterocycles. The van der Waals surface area contributed by atoms with E-state index in [9.17, 15) is 18.4 Å². The summed E-state index contributed by atoms with van der Waals surface area (Å²) in [4.78, 5) is 33.0. The van der Waals surface area contributed by atoms with Crippen LogP contribution in [0.1, 0.15) is 87.4 Å². The zero-order valence-electron chi connectivity index (χ0n) is 23.3. The summed E-state index contributed by atoms with van der Waals surface area (Å²) in [6.45, 7) is -1.13. The minimum Gasteiger partial charge on any atom is -0.469 e. The maximum Gasteiger partial charge on any atom is 0.345 e. The van der Waals surface area contributed by atoms with Crippen LogP contribution in [0.25, 0.3) is 0 Å². The highest BCUT2D eigenvalue weighted by Gasteiger charge is 2.57. The number of pyridine rings is 1. The third kappa shape index (κ3) is 5.98. The summed E-state index contributed by atoms with van der Waals surface area (Å²) >= 11 is 1.72. The second-order valence-corrected chi connectivity index (χ2v) is 14.1. The summed E-state index contributed by atoms with van der Waals surface area (Å²) in [5.74, 6) is 1.55. The lowest BCUT2D eigenvalue weighted by Gasteiger charge is -2.59. The Labute approximate surface area is 239 Å². The van der Waals surface area contributed by atoms with E-state index in [1.165, 1.54) is 20.0 Å². The number of nitrogens with zero attached hydrogens (tertiary/aromatic N) is 2. The number of carbonyl (C=O) groups excluding carboxylic acids is 2. The van der Waals surface area contributed by atoms with Crippen molar-refractivity contribution in [1.82, 2.24) is 10.3 Å².